The number of alkyl halides is 4. The highest BCUT2D eigenvalue weighted by molar-refractivity contribution is 5.78. The number of benzene rings is 1. The van der Waals surface area contributed by atoms with Crippen LogP contribution >= 0.6 is 0 Å². The number of likely N-dealkylation sites (tertiary alicyclic amines) is 1. The number of rotatable bonds is 6. The molecule has 2 aromatic rings. The van der Waals surface area contributed by atoms with Crippen molar-refractivity contribution in [3.63, 3.8) is 0 Å². The van der Waals surface area contributed by atoms with Gasteiger partial charge in [0.25, 0.3) is 0 Å². The van der Waals surface area contributed by atoms with Crippen LogP contribution in [0, 0.1) is 0 Å². The van der Waals surface area contributed by atoms with Crippen molar-refractivity contribution in [2.45, 2.75) is 37.7 Å². The number of halogens is 4. The van der Waals surface area contributed by atoms with E-state index >= 15 is 0 Å². The Labute approximate surface area is 147 Å². The molecule has 3 rings (SSSR count). The van der Waals surface area contributed by atoms with Crippen LogP contribution in [-0.2, 0) is 9.53 Å². The third kappa shape index (κ3) is 3.98. The summed E-state index contributed by atoms with van der Waals surface area (Å²) in [5.74, 6) is -4.15. The van der Waals surface area contributed by atoms with Gasteiger partial charge in [-0.2, -0.15) is 8.78 Å². The molecule has 142 valence electrons. The molecule has 1 atom stereocenters. The number of amides is 1. The average Bonchev–Trinajstić information content (AvgIpc) is 3.05. The van der Waals surface area contributed by atoms with Crippen molar-refractivity contribution < 1.29 is 27.1 Å². The molecule has 0 bridgehead atoms. The third-order valence-corrected chi connectivity index (χ3v) is 4.39. The van der Waals surface area contributed by atoms with Crippen LogP contribution in [0.25, 0.3) is 11.0 Å². The fourth-order valence-electron chi connectivity index (χ4n) is 3.07. The van der Waals surface area contributed by atoms with Crippen LogP contribution < -0.4 is 0 Å². The molecule has 1 N–H and O–H groups in total. The lowest BCUT2D eigenvalue weighted by molar-refractivity contribution is -0.172. The Morgan fingerprint density at radius 1 is 1.35 bits per heavy atom. The van der Waals surface area contributed by atoms with E-state index in [-0.39, 0.29) is 6.04 Å². The molecule has 1 saturated heterocycles. The van der Waals surface area contributed by atoms with E-state index in [0.29, 0.717) is 18.8 Å². The summed E-state index contributed by atoms with van der Waals surface area (Å²) in [6.07, 6.45) is -1.47. The zero-order valence-corrected chi connectivity index (χ0v) is 13.9. The summed E-state index contributed by atoms with van der Waals surface area (Å²) in [7, 11) is 0. The summed E-state index contributed by atoms with van der Waals surface area (Å²) in [6.45, 7) is -1.71. The Balaban J connectivity index is 1.67. The van der Waals surface area contributed by atoms with Crippen molar-refractivity contribution in [3.05, 3.63) is 30.1 Å². The SMILES string of the molecule is O=C(COCC(F)(F)C(F)F)N1CCCCC1c1nc2ccccc2[nH]1. The van der Waals surface area contributed by atoms with E-state index in [9.17, 15) is 22.4 Å². The molecule has 0 saturated carbocycles. The number of hydrogen-bond acceptors (Lipinski definition) is 3. The van der Waals surface area contributed by atoms with Gasteiger partial charge in [0.2, 0.25) is 5.91 Å². The average molecular weight is 373 g/mol. The van der Waals surface area contributed by atoms with E-state index in [1.165, 1.54) is 4.90 Å². The zero-order valence-electron chi connectivity index (χ0n) is 13.9. The predicted molar refractivity (Wildman–Crippen MR) is 86.2 cm³/mol. The molecule has 0 aliphatic carbocycles. The molecule has 1 aromatic heterocycles. The molecule has 1 fully saturated rings. The molecule has 9 heteroatoms. The Morgan fingerprint density at radius 2 is 2.12 bits per heavy atom. The van der Waals surface area contributed by atoms with Crippen molar-refractivity contribution in [3.8, 4) is 0 Å². The lowest BCUT2D eigenvalue weighted by atomic mass is 10.0. The molecule has 1 aliphatic heterocycles. The lowest BCUT2D eigenvalue weighted by Gasteiger charge is -2.34. The number of H-pyrrole nitrogens is 1. The highest BCUT2D eigenvalue weighted by Gasteiger charge is 2.41. The van der Waals surface area contributed by atoms with Gasteiger partial charge < -0.3 is 14.6 Å². The van der Waals surface area contributed by atoms with Gasteiger partial charge in [-0.25, -0.2) is 13.8 Å². The first-order valence-corrected chi connectivity index (χ1v) is 8.36. The summed E-state index contributed by atoms with van der Waals surface area (Å²) in [6, 6.07) is 7.12. The van der Waals surface area contributed by atoms with E-state index < -0.39 is 31.5 Å². The van der Waals surface area contributed by atoms with E-state index in [0.717, 1.165) is 23.9 Å². The fraction of sp³-hybridized carbons (Fsp3) is 0.529. The third-order valence-electron chi connectivity index (χ3n) is 4.39. The van der Waals surface area contributed by atoms with Crippen molar-refractivity contribution in [1.82, 2.24) is 14.9 Å². The van der Waals surface area contributed by atoms with Crippen LogP contribution in [0.3, 0.4) is 0 Å². The second-order valence-corrected chi connectivity index (χ2v) is 6.29. The maximum Gasteiger partial charge on any atom is 0.330 e. The fourth-order valence-corrected chi connectivity index (χ4v) is 3.07. The van der Waals surface area contributed by atoms with Crippen LogP contribution in [0.5, 0.6) is 0 Å². The summed E-state index contributed by atoms with van der Waals surface area (Å²) in [4.78, 5) is 21.6. The van der Waals surface area contributed by atoms with Gasteiger partial charge >= 0.3 is 12.3 Å². The number of para-hydroxylation sites is 2. The Morgan fingerprint density at radius 3 is 2.85 bits per heavy atom. The van der Waals surface area contributed by atoms with Crippen LogP contribution in [0.15, 0.2) is 24.3 Å². The number of fused-ring (bicyclic) bond motifs is 1. The largest absolute Gasteiger partial charge is 0.365 e. The molecule has 1 unspecified atom stereocenters. The smallest absolute Gasteiger partial charge is 0.330 e. The topological polar surface area (TPSA) is 58.2 Å². The zero-order chi connectivity index (χ0) is 18.7. The monoisotopic (exact) mass is 373 g/mol. The van der Waals surface area contributed by atoms with E-state index in [2.05, 4.69) is 14.7 Å². The highest BCUT2D eigenvalue weighted by atomic mass is 19.3. The van der Waals surface area contributed by atoms with Crippen LogP contribution in [0.1, 0.15) is 31.1 Å². The number of carbonyl (C=O) groups excluding carboxylic acids is 1. The number of piperidine rings is 1. The van der Waals surface area contributed by atoms with E-state index in [4.69, 9.17) is 0 Å². The number of carbonyl (C=O) groups is 1. The van der Waals surface area contributed by atoms with E-state index in [1.807, 2.05) is 24.3 Å². The van der Waals surface area contributed by atoms with Gasteiger partial charge in [0.15, 0.2) is 0 Å². The standard InChI is InChI=1S/C17H19F4N3O2/c18-16(19)17(20,21)10-26-9-14(25)24-8-4-3-7-13(24)15-22-11-5-1-2-6-12(11)23-15/h1-2,5-6,13,16H,3-4,7-10H2,(H,22,23). The molecule has 2 heterocycles. The first-order valence-electron chi connectivity index (χ1n) is 8.36. The first kappa shape index (κ1) is 18.6. The number of hydrogen-bond donors (Lipinski definition) is 1. The predicted octanol–water partition coefficient (Wildman–Crippen LogP) is 3.53. The van der Waals surface area contributed by atoms with Crippen molar-refractivity contribution >= 4 is 16.9 Å². The van der Waals surface area contributed by atoms with Crippen molar-refractivity contribution in [2.24, 2.45) is 0 Å². The Bertz CT molecular complexity index is 732. The summed E-state index contributed by atoms with van der Waals surface area (Å²) in [5, 5.41) is 0. The minimum Gasteiger partial charge on any atom is -0.365 e. The molecule has 26 heavy (non-hydrogen) atoms. The molecule has 1 aliphatic rings. The van der Waals surface area contributed by atoms with Crippen LogP contribution in [-0.4, -0.2) is 52.9 Å². The maximum absolute atomic E-state index is 12.9. The number of imidazole rings is 1. The van der Waals surface area contributed by atoms with E-state index in [1.54, 1.807) is 0 Å². The van der Waals surface area contributed by atoms with Crippen molar-refractivity contribution in [1.29, 1.82) is 0 Å². The second-order valence-electron chi connectivity index (χ2n) is 6.29. The minimum atomic E-state index is -4.26. The molecule has 1 aromatic carbocycles. The van der Waals surface area contributed by atoms with Gasteiger partial charge in [-0.3, -0.25) is 4.79 Å². The molecular formula is C17H19F4N3O2. The summed E-state index contributed by atoms with van der Waals surface area (Å²) in [5.41, 5.74) is 1.61. The Kier molecular flexibility index (Phi) is 5.45. The first-order chi connectivity index (χ1) is 12.4. The quantitative estimate of drug-likeness (QED) is 0.788. The van der Waals surface area contributed by atoms with Crippen molar-refractivity contribution in [2.75, 3.05) is 19.8 Å². The number of nitrogens with zero attached hydrogens (tertiary/aromatic N) is 2. The van der Waals surface area contributed by atoms with Gasteiger partial charge in [0.1, 0.15) is 19.0 Å². The maximum atomic E-state index is 12.9. The lowest BCUT2D eigenvalue weighted by Crippen LogP contribution is -2.42. The van der Waals surface area contributed by atoms with Gasteiger partial charge in [-0.05, 0) is 31.4 Å². The van der Waals surface area contributed by atoms with Gasteiger partial charge in [-0.15, -0.1) is 0 Å². The molecular weight excluding hydrogens is 354 g/mol. The van der Waals surface area contributed by atoms with Crippen LogP contribution in [0.2, 0.25) is 0 Å². The number of nitrogens with one attached hydrogen (secondary N) is 1. The Hall–Kier alpha value is -2.16. The number of ether oxygens (including phenoxy) is 1. The second kappa shape index (κ2) is 7.61. The van der Waals surface area contributed by atoms with Gasteiger partial charge in [-0.1, -0.05) is 12.1 Å². The normalized spacial score (nSPS) is 18.7. The molecule has 0 spiro atoms. The highest BCUT2D eigenvalue weighted by Crippen LogP contribution is 2.30. The van der Waals surface area contributed by atoms with Gasteiger partial charge in [0, 0.05) is 6.54 Å². The number of aromatic amines is 1. The summed E-state index contributed by atoms with van der Waals surface area (Å²) >= 11 is 0. The number of aromatic nitrogens is 2. The minimum absolute atomic E-state index is 0.317. The summed E-state index contributed by atoms with van der Waals surface area (Å²) < 4.78 is 54.6. The molecule has 5 nitrogen and oxygen atoms in total. The van der Waals surface area contributed by atoms with Gasteiger partial charge in [0.05, 0.1) is 17.1 Å². The van der Waals surface area contributed by atoms with Crippen LogP contribution in [0.4, 0.5) is 17.6 Å². The molecule has 1 amide bonds. The molecule has 0 radical (unpaired) electrons.